The summed E-state index contributed by atoms with van der Waals surface area (Å²) < 4.78 is 6.25. The lowest BCUT2D eigenvalue weighted by Gasteiger charge is -2.10. The summed E-state index contributed by atoms with van der Waals surface area (Å²) in [4.78, 5) is 20.1. The smallest absolute Gasteiger partial charge is 0.323 e. The van der Waals surface area contributed by atoms with Crippen LogP contribution in [0.2, 0.25) is 0 Å². The number of rotatable bonds is 1. The average Bonchev–Trinajstić information content (AvgIpc) is 3.10. The van der Waals surface area contributed by atoms with Gasteiger partial charge in [-0.3, -0.25) is 4.57 Å². The lowest BCUT2D eigenvalue weighted by Crippen LogP contribution is -2.27. The Bertz CT molecular complexity index is 691. The Kier molecular flexibility index (Phi) is 3.71. The van der Waals surface area contributed by atoms with Crippen molar-refractivity contribution in [3.8, 4) is 5.00 Å². The largest absolute Gasteiger partial charge is 0.346 e. The van der Waals surface area contributed by atoms with Crippen LogP contribution in [0.1, 0.15) is 23.4 Å². The first-order valence-corrected chi connectivity index (χ1v) is 8.19. The molecule has 0 bridgehead atoms. The van der Waals surface area contributed by atoms with Crippen molar-refractivity contribution < 1.29 is 4.79 Å². The maximum absolute atomic E-state index is 12.2. The Labute approximate surface area is 125 Å². The number of hydrogen-bond acceptors (Lipinski definition) is 4. The monoisotopic (exact) mass is 308 g/mol. The van der Waals surface area contributed by atoms with Crippen LogP contribution in [0.15, 0.2) is 17.3 Å². The van der Waals surface area contributed by atoms with Crippen molar-refractivity contribution in [2.45, 2.75) is 26.7 Å². The van der Waals surface area contributed by atoms with Gasteiger partial charge in [0.2, 0.25) is 0 Å². The Morgan fingerprint density at radius 1 is 1.35 bits per heavy atom. The van der Waals surface area contributed by atoms with Gasteiger partial charge in [-0.15, -0.1) is 11.3 Å². The molecule has 1 saturated heterocycles. The van der Waals surface area contributed by atoms with Crippen LogP contribution in [0.5, 0.6) is 0 Å². The topological polar surface area (TPSA) is 50.5 Å². The van der Waals surface area contributed by atoms with Crippen LogP contribution >= 0.6 is 22.9 Å². The van der Waals surface area contributed by atoms with Crippen LogP contribution in [-0.4, -0.2) is 33.0 Å². The third kappa shape index (κ3) is 2.69. The number of hydrogen-bond donors (Lipinski definition) is 0. The Morgan fingerprint density at radius 3 is 2.75 bits per heavy atom. The van der Waals surface area contributed by atoms with E-state index >= 15 is 0 Å². The number of carbonyl (C=O) groups excluding carboxylic acids is 1. The minimum absolute atomic E-state index is 0.126. The van der Waals surface area contributed by atoms with Gasteiger partial charge in [0.25, 0.3) is 0 Å². The van der Waals surface area contributed by atoms with E-state index in [-0.39, 0.29) is 6.03 Å². The van der Waals surface area contributed by atoms with Crippen LogP contribution in [-0.2, 0) is 0 Å². The van der Waals surface area contributed by atoms with E-state index in [0.29, 0.717) is 0 Å². The second kappa shape index (κ2) is 5.49. The maximum atomic E-state index is 12.2. The standard InChI is InChI=1S/C13H16N4OS2/c1-9-7-11(20-15-9)17-8-10(2)19-13(17)14-12(18)16-5-3-4-6-16/h7-8H,3-6H2,1-2H3/b14-13-. The van der Waals surface area contributed by atoms with Gasteiger partial charge in [-0.25, -0.2) is 4.79 Å². The highest BCUT2D eigenvalue weighted by atomic mass is 32.1. The number of aryl methyl sites for hydroxylation is 2. The van der Waals surface area contributed by atoms with Crippen molar-refractivity contribution in [3.63, 3.8) is 0 Å². The van der Waals surface area contributed by atoms with Crippen LogP contribution in [0, 0.1) is 13.8 Å². The van der Waals surface area contributed by atoms with Crippen LogP contribution in [0.3, 0.4) is 0 Å². The molecule has 106 valence electrons. The van der Waals surface area contributed by atoms with Gasteiger partial charge in [0.15, 0.2) is 4.80 Å². The van der Waals surface area contributed by atoms with E-state index < -0.39 is 0 Å². The summed E-state index contributed by atoms with van der Waals surface area (Å²) in [5, 5.41) is 1.000. The highest BCUT2D eigenvalue weighted by Gasteiger charge is 2.17. The van der Waals surface area contributed by atoms with E-state index in [1.807, 2.05) is 35.6 Å². The molecule has 3 rings (SSSR count). The average molecular weight is 308 g/mol. The molecule has 0 atom stereocenters. The van der Waals surface area contributed by atoms with E-state index in [2.05, 4.69) is 9.37 Å². The molecule has 2 aromatic rings. The van der Waals surface area contributed by atoms with Crippen molar-refractivity contribution >= 4 is 28.9 Å². The first-order valence-electron chi connectivity index (χ1n) is 6.60. The number of nitrogens with zero attached hydrogens (tertiary/aromatic N) is 4. The molecular weight excluding hydrogens is 292 g/mol. The predicted molar refractivity (Wildman–Crippen MR) is 80.6 cm³/mol. The van der Waals surface area contributed by atoms with Crippen molar-refractivity contribution in [1.82, 2.24) is 13.8 Å². The first-order chi connectivity index (χ1) is 9.63. The van der Waals surface area contributed by atoms with E-state index in [1.165, 1.54) is 22.9 Å². The van der Waals surface area contributed by atoms with Gasteiger partial charge in [-0.1, -0.05) is 0 Å². The Balaban J connectivity index is 1.98. The molecule has 0 spiro atoms. The summed E-state index contributed by atoms with van der Waals surface area (Å²) >= 11 is 2.96. The van der Waals surface area contributed by atoms with Crippen LogP contribution in [0.25, 0.3) is 5.00 Å². The van der Waals surface area contributed by atoms with Gasteiger partial charge >= 0.3 is 6.03 Å². The first kappa shape index (κ1) is 13.5. The SMILES string of the molecule is Cc1cc(-n2cc(C)s/c2=N\C(=O)N2CCCC2)sn1. The summed E-state index contributed by atoms with van der Waals surface area (Å²) in [7, 11) is 0. The molecule has 3 heterocycles. The molecule has 1 aliphatic heterocycles. The summed E-state index contributed by atoms with van der Waals surface area (Å²) in [5.74, 6) is 0. The van der Waals surface area contributed by atoms with Gasteiger partial charge in [-0.05, 0) is 44.3 Å². The summed E-state index contributed by atoms with van der Waals surface area (Å²) in [6, 6.07) is 1.88. The molecule has 1 fully saturated rings. The summed E-state index contributed by atoms with van der Waals surface area (Å²) in [6.07, 6.45) is 4.17. The zero-order chi connectivity index (χ0) is 14.1. The zero-order valence-electron chi connectivity index (χ0n) is 11.5. The zero-order valence-corrected chi connectivity index (χ0v) is 13.1. The normalized spacial score (nSPS) is 16.1. The van der Waals surface area contributed by atoms with Gasteiger partial charge in [0.1, 0.15) is 5.00 Å². The van der Waals surface area contributed by atoms with Gasteiger partial charge in [-0.2, -0.15) is 9.37 Å². The summed E-state index contributed by atoms with van der Waals surface area (Å²) in [5.41, 5.74) is 0.984. The molecular formula is C13H16N4OS2. The van der Waals surface area contributed by atoms with E-state index in [0.717, 1.165) is 46.3 Å². The minimum atomic E-state index is -0.126. The number of aromatic nitrogens is 2. The molecule has 5 nitrogen and oxygen atoms in total. The molecule has 20 heavy (non-hydrogen) atoms. The van der Waals surface area contributed by atoms with Crippen molar-refractivity contribution in [2.24, 2.45) is 4.99 Å². The fourth-order valence-electron chi connectivity index (χ4n) is 2.22. The number of likely N-dealkylation sites (tertiary alicyclic amines) is 1. The molecule has 0 aliphatic carbocycles. The fraction of sp³-hybridized carbons (Fsp3) is 0.462. The number of urea groups is 1. The van der Waals surface area contributed by atoms with E-state index in [9.17, 15) is 4.79 Å². The predicted octanol–water partition coefficient (Wildman–Crippen LogP) is 2.73. The molecule has 2 amide bonds. The molecule has 7 heteroatoms. The van der Waals surface area contributed by atoms with Crippen LogP contribution in [0.4, 0.5) is 4.79 Å². The van der Waals surface area contributed by atoms with Crippen molar-refractivity contribution in [3.05, 3.63) is 27.6 Å². The third-order valence-electron chi connectivity index (χ3n) is 3.19. The molecule has 0 N–H and O–H groups in total. The van der Waals surface area contributed by atoms with Crippen LogP contribution < -0.4 is 4.80 Å². The molecule has 0 saturated carbocycles. The van der Waals surface area contributed by atoms with Gasteiger partial charge in [0, 0.05) is 24.2 Å². The Hall–Kier alpha value is -1.47. The van der Waals surface area contributed by atoms with Gasteiger partial charge < -0.3 is 4.90 Å². The van der Waals surface area contributed by atoms with Gasteiger partial charge in [0.05, 0.1) is 5.69 Å². The fourth-order valence-corrected chi connectivity index (χ4v) is 3.83. The maximum Gasteiger partial charge on any atom is 0.346 e. The molecule has 2 aromatic heterocycles. The Morgan fingerprint density at radius 2 is 2.10 bits per heavy atom. The highest BCUT2D eigenvalue weighted by molar-refractivity contribution is 7.10. The van der Waals surface area contributed by atoms with Crippen molar-refractivity contribution in [2.75, 3.05) is 13.1 Å². The molecule has 1 aliphatic rings. The molecule has 0 aromatic carbocycles. The summed E-state index contributed by atoms with van der Waals surface area (Å²) in [6.45, 7) is 5.64. The molecule has 0 radical (unpaired) electrons. The second-order valence-electron chi connectivity index (χ2n) is 4.89. The number of thiazole rings is 1. The third-order valence-corrected chi connectivity index (χ3v) is 4.97. The number of carbonyl (C=O) groups is 1. The molecule has 0 unspecified atom stereocenters. The quantitative estimate of drug-likeness (QED) is 0.813. The van der Waals surface area contributed by atoms with Crippen molar-refractivity contribution in [1.29, 1.82) is 0 Å². The minimum Gasteiger partial charge on any atom is -0.323 e. The lowest BCUT2D eigenvalue weighted by atomic mass is 10.4. The second-order valence-corrected chi connectivity index (χ2v) is 6.89. The van der Waals surface area contributed by atoms with E-state index in [1.54, 1.807) is 0 Å². The van der Waals surface area contributed by atoms with E-state index in [4.69, 9.17) is 0 Å². The number of amides is 2. The highest BCUT2D eigenvalue weighted by Crippen LogP contribution is 2.16. The lowest BCUT2D eigenvalue weighted by molar-refractivity contribution is 0.218.